The lowest BCUT2D eigenvalue weighted by Crippen LogP contribution is -2.09. The highest BCUT2D eigenvalue weighted by molar-refractivity contribution is 5.94. The minimum absolute atomic E-state index is 0.0840. The Hall–Kier alpha value is -2.82. The van der Waals surface area contributed by atoms with Crippen LogP contribution in [0.2, 0.25) is 0 Å². The zero-order chi connectivity index (χ0) is 20.2. The molecule has 0 aliphatic rings. The van der Waals surface area contributed by atoms with Crippen LogP contribution in [0.15, 0.2) is 48.5 Å². The van der Waals surface area contributed by atoms with Gasteiger partial charge in [-0.15, -0.1) is 0 Å². The number of hydrogen-bond donors (Lipinski definition) is 1. The van der Waals surface area contributed by atoms with Crippen LogP contribution in [0.5, 0.6) is 11.5 Å². The molecule has 28 heavy (non-hydrogen) atoms. The highest BCUT2D eigenvalue weighted by Crippen LogP contribution is 2.20. The summed E-state index contributed by atoms with van der Waals surface area (Å²) in [5.41, 5.74) is 0.492. The second-order valence-corrected chi connectivity index (χ2v) is 6.69. The fourth-order valence-corrected chi connectivity index (χ4v) is 2.77. The van der Waals surface area contributed by atoms with Crippen LogP contribution in [0.3, 0.4) is 0 Å². The van der Waals surface area contributed by atoms with Gasteiger partial charge in [0.25, 0.3) is 0 Å². The zero-order valence-electron chi connectivity index (χ0n) is 16.4. The lowest BCUT2D eigenvalue weighted by atomic mass is 10.1. The molecule has 0 aliphatic heterocycles. The molecule has 2 aromatic rings. The molecule has 0 heterocycles. The molecule has 0 atom stereocenters. The van der Waals surface area contributed by atoms with Gasteiger partial charge in [-0.25, -0.2) is 9.59 Å². The molecular weight excluding hydrogens is 356 g/mol. The Morgan fingerprint density at radius 3 is 2.14 bits per heavy atom. The second kappa shape index (κ2) is 11.8. The Bertz CT molecular complexity index is 752. The van der Waals surface area contributed by atoms with Crippen LogP contribution in [0.4, 0.5) is 0 Å². The molecule has 0 saturated heterocycles. The molecule has 0 unspecified atom stereocenters. The first-order valence-electron chi connectivity index (χ1n) is 9.89. The summed E-state index contributed by atoms with van der Waals surface area (Å²) in [6.45, 7) is 2.61. The Morgan fingerprint density at radius 2 is 1.46 bits per heavy atom. The van der Waals surface area contributed by atoms with Gasteiger partial charge in [-0.2, -0.15) is 0 Å². The molecule has 1 N–H and O–H groups in total. The van der Waals surface area contributed by atoms with E-state index in [1.165, 1.54) is 56.4 Å². The van der Waals surface area contributed by atoms with E-state index < -0.39 is 5.97 Å². The van der Waals surface area contributed by atoms with E-state index in [1.807, 2.05) is 0 Å². The van der Waals surface area contributed by atoms with Crippen molar-refractivity contribution in [1.29, 1.82) is 0 Å². The maximum absolute atomic E-state index is 12.1. The summed E-state index contributed by atoms with van der Waals surface area (Å²) in [6.07, 6.45) is 8.15. The van der Waals surface area contributed by atoms with Gasteiger partial charge in [0.15, 0.2) is 0 Å². The molecule has 5 heteroatoms. The number of carbonyl (C=O) groups excluding carboxylic acids is 2. The maximum Gasteiger partial charge on any atom is 0.347 e. The van der Waals surface area contributed by atoms with Crippen LogP contribution in [-0.4, -0.2) is 23.7 Å². The van der Waals surface area contributed by atoms with Gasteiger partial charge in [0.05, 0.1) is 12.2 Å². The molecule has 0 radical (unpaired) electrons. The molecule has 2 aromatic carbocycles. The van der Waals surface area contributed by atoms with E-state index in [0.717, 1.165) is 12.8 Å². The third-order valence-electron chi connectivity index (χ3n) is 4.41. The van der Waals surface area contributed by atoms with Crippen molar-refractivity contribution < 1.29 is 24.2 Å². The SMILES string of the molecule is CCCCCCCCCOC(=O)c1ccc(OC(=O)c2ccccc2O)cc1. The number of esters is 2. The quantitative estimate of drug-likeness (QED) is 0.314. The van der Waals surface area contributed by atoms with E-state index in [2.05, 4.69) is 6.92 Å². The molecule has 0 amide bonds. The largest absolute Gasteiger partial charge is 0.507 e. The number of para-hydroxylation sites is 1. The van der Waals surface area contributed by atoms with Gasteiger partial charge >= 0.3 is 11.9 Å². The Kier molecular flexibility index (Phi) is 9.05. The number of unbranched alkanes of at least 4 members (excludes halogenated alkanes) is 6. The van der Waals surface area contributed by atoms with Crippen LogP contribution in [-0.2, 0) is 4.74 Å². The van der Waals surface area contributed by atoms with Gasteiger partial charge in [0.2, 0.25) is 0 Å². The first-order valence-corrected chi connectivity index (χ1v) is 9.89. The fourth-order valence-electron chi connectivity index (χ4n) is 2.77. The van der Waals surface area contributed by atoms with Crippen LogP contribution < -0.4 is 4.74 Å². The van der Waals surface area contributed by atoms with Gasteiger partial charge in [0.1, 0.15) is 17.1 Å². The standard InChI is InChI=1S/C23H28O5/c1-2-3-4-5-6-7-10-17-27-22(25)18-13-15-19(16-14-18)28-23(26)20-11-8-9-12-21(20)24/h8-9,11-16,24H,2-7,10,17H2,1H3. The lowest BCUT2D eigenvalue weighted by molar-refractivity contribution is 0.0497. The van der Waals surface area contributed by atoms with Gasteiger partial charge < -0.3 is 14.6 Å². The van der Waals surface area contributed by atoms with Gasteiger partial charge in [-0.3, -0.25) is 0 Å². The van der Waals surface area contributed by atoms with E-state index in [4.69, 9.17) is 9.47 Å². The van der Waals surface area contributed by atoms with Crippen molar-refractivity contribution in [3.8, 4) is 11.5 Å². The van der Waals surface area contributed by atoms with E-state index in [0.29, 0.717) is 12.2 Å². The first kappa shape index (κ1) is 21.5. The summed E-state index contributed by atoms with van der Waals surface area (Å²) in [7, 11) is 0. The second-order valence-electron chi connectivity index (χ2n) is 6.69. The molecule has 0 fully saturated rings. The van der Waals surface area contributed by atoms with E-state index in [1.54, 1.807) is 24.3 Å². The number of ether oxygens (including phenoxy) is 2. The van der Waals surface area contributed by atoms with E-state index >= 15 is 0 Å². The van der Waals surface area contributed by atoms with Crippen molar-refractivity contribution in [2.45, 2.75) is 51.9 Å². The van der Waals surface area contributed by atoms with Crippen molar-refractivity contribution in [2.75, 3.05) is 6.61 Å². The summed E-state index contributed by atoms with van der Waals surface area (Å²) in [6, 6.07) is 12.3. The molecule has 150 valence electrons. The molecule has 2 rings (SSSR count). The normalized spacial score (nSPS) is 10.5. The Morgan fingerprint density at radius 1 is 0.821 bits per heavy atom. The summed E-state index contributed by atoms with van der Waals surface area (Å²) in [5.74, 6) is -0.896. The van der Waals surface area contributed by atoms with Gasteiger partial charge in [0, 0.05) is 0 Å². The highest BCUT2D eigenvalue weighted by atomic mass is 16.5. The molecule has 0 aromatic heterocycles. The number of phenols is 1. The molecule has 0 saturated carbocycles. The summed E-state index contributed by atoms with van der Waals surface area (Å²) in [4.78, 5) is 24.1. The van der Waals surface area contributed by atoms with Crippen molar-refractivity contribution in [3.05, 3.63) is 59.7 Å². The molecular formula is C23H28O5. The van der Waals surface area contributed by atoms with E-state index in [9.17, 15) is 14.7 Å². The van der Waals surface area contributed by atoms with Gasteiger partial charge in [-0.05, 0) is 42.8 Å². The summed E-state index contributed by atoms with van der Waals surface area (Å²) >= 11 is 0. The van der Waals surface area contributed by atoms with Crippen molar-refractivity contribution in [3.63, 3.8) is 0 Å². The minimum atomic E-state index is -0.660. The molecule has 0 aliphatic carbocycles. The summed E-state index contributed by atoms with van der Waals surface area (Å²) < 4.78 is 10.5. The average Bonchev–Trinajstić information content (AvgIpc) is 2.70. The lowest BCUT2D eigenvalue weighted by Gasteiger charge is -2.07. The van der Waals surface area contributed by atoms with Crippen LogP contribution >= 0.6 is 0 Å². The number of aromatic hydroxyl groups is 1. The molecule has 0 spiro atoms. The molecule has 0 bridgehead atoms. The number of benzene rings is 2. The monoisotopic (exact) mass is 384 g/mol. The Labute approximate surface area is 166 Å². The van der Waals surface area contributed by atoms with Crippen molar-refractivity contribution >= 4 is 11.9 Å². The maximum atomic E-state index is 12.1. The number of hydrogen-bond acceptors (Lipinski definition) is 5. The third-order valence-corrected chi connectivity index (χ3v) is 4.41. The van der Waals surface area contributed by atoms with E-state index in [-0.39, 0.29) is 23.0 Å². The summed E-state index contributed by atoms with van der Waals surface area (Å²) in [5, 5.41) is 9.69. The van der Waals surface area contributed by atoms with Crippen molar-refractivity contribution in [2.24, 2.45) is 0 Å². The van der Waals surface area contributed by atoms with Crippen molar-refractivity contribution in [1.82, 2.24) is 0 Å². The minimum Gasteiger partial charge on any atom is -0.507 e. The number of carbonyl (C=O) groups is 2. The van der Waals surface area contributed by atoms with Crippen LogP contribution in [0, 0.1) is 0 Å². The fraction of sp³-hybridized carbons (Fsp3) is 0.391. The average molecular weight is 384 g/mol. The predicted molar refractivity (Wildman–Crippen MR) is 108 cm³/mol. The third kappa shape index (κ3) is 7.06. The number of phenolic OH excluding ortho intramolecular Hbond substituents is 1. The Balaban J connectivity index is 1.73. The predicted octanol–water partition coefficient (Wildman–Crippen LogP) is 5.52. The van der Waals surface area contributed by atoms with Gasteiger partial charge in [-0.1, -0.05) is 57.6 Å². The highest BCUT2D eigenvalue weighted by Gasteiger charge is 2.13. The molecule has 5 nitrogen and oxygen atoms in total. The topological polar surface area (TPSA) is 72.8 Å². The first-order chi connectivity index (χ1) is 13.6. The smallest absolute Gasteiger partial charge is 0.347 e. The van der Waals surface area contributed by atoms with Crippen LogP contribution in [0.1, 0.15) is 72.6 Å². The number of rotatable bonds is 11. The zero-order valence-corrected chi connectivity index (χ0v) is 16.4. The van der Waals surface area contributed by atoms with Crippen LogP contribution in [0.25, 0.3) is 0 Å².